The number of pyridine rings is 1. The molecule has 100 valence electrons. The number of nitrogens with zero attached hydrogens (tertiary/aromatic N) is 2. The van der Waals surface area contributed by atoms with Crippen LogP contribution in [0.15, 0.2) is 38.6 Å². The van der Waals surface area contributed by atoms with E-state index in [0.29, 0.717) is 5.52 Å². The van der Waals surface area contributed by atoms with Gasteiger partial charge in [-0.25, -0.2) is 4.79 Å². The van der Waals surface area contributed by atoms with Crippen molar-refractivity contribution in [2.75, 3.05) is 0 Å². The van der Waals surface area contributed by atoms with Crippen LogP contribution >= 0.6 is 0 Å². The minimum absolute atomic E-state index is 0.103. The summed E-state index contributed by atoms with van der Waals surface area (Å²) in [6.45, 7) is 0. The summed E-state index contributed by atoms with van der Waals surface area (Å²) in [5, 5.41) is 11.0. The molecule has 3 aromatic rings. The van der Waals surface area contributed by atoms with Gasteiger partial charge in [0, 0.05) is 15.7 Å². The predicted molar refractivity (Wildman–Crippen MR) is 69.3 cm³/mol. The largest absolute Gasteiger partial charge is 0.374 e. The molecule has 0 saturated heterocycles. The third kappa shape index (κ3) is 1.46. The summed E-state index contributed by atoms with van der Waals surface area (Å²) in [6, 6.07) is 6.26. The van der Waals surface area contributed by atoms with Crippen LogP contribution in [0, 0.1) is 10.1 Å². The molecule has 0 amide bonds. The third-order valence-electron chi connectivity index (χ3n) is 2.91. The number of nitrogens with one attached hydrogen (secondary N) is 2. The van der Waals surface area contributed by atoms with Gasteiger partial charge in [0.1, 0.15) is 10.9 Å². The lowest BCUT2D eigenvalue weighted by atomic mass is 10.1. The summed E-state index contributed by atoms with van der Waals surface area (Å²) in [4.78, 5) is 49.1. The monoisotopic (exact) mass is 274 g/mol. The fraction of sp³-hybridized carbons (Fsp3) is 0. The second kappa shape index (κ2) is 3.88. The summed E-state index contributed by atoms with van der Waals surface area (Å²) < 4.78 is 0. The molecule has 2 N–H and O–H groups in total. The van der Waals surface area contributed by atoms with Gasteiger partial charge in [-0.05, 0) is 12.1 Å². The second-order valence-corrected chi connectivity index (χ2v) is 4.05. The van der Waals surface area contributed by atoms with Gasteiger partial charge < -0.3 is 15.1 Å². The Hall–Kier alpha value is -3.23. The van der Waals surface area contributed by atoms with Crippen molar-refractivity contribution in [1.82, 2.24) is 14.9 Å². The molecule has 0 aliphatic carbocycles. The molecule has 0 unspecified atom stereocenters. The zero-order valence-corrected chi connectivity index (χ0v) is 9.75. The SMILES string of the molecule is O=c1[nH]n([N+](=O)[O-])c(=O)c2c(=O)c3ccccc3[nH]c12. The molecule has 0 bridgehead atoms. The van der Waals surface area contributed by atoms with Gasteiger partial charge in [0.05, 0.1) is 5.03 Å². The highest BCUT2D eigenvalue weighted by molar-refractivity contribution is 5.91. The minimum Gasteiger partial charge on any atom is -0.348 e. The van der Waals surface area contributed by atoms with Crippen molar-refractivity contribution in [1.29, 1.82) is 0 Å². The Kier molecular flexibility index (Phi) is 2.30. The van der Waals surface area contributed by atoms with Crippen molar-refractivity contribution in [2.24, 2.45) is 0 Å². The van der Waals surface area contributed by atoms with E-state index in [4.69, 9.17) is 0 Å². The molecule has 0 spiro atoms. The lowest BCUT2D eigenvalue weighted by Gasteiger charge is -2.01. The summed E-state index contributed by atoms with van der Waals surface area (Å²) in [5.74, 6) is 0. The zero-order valence-electron chi connectivity index (χ0n) is 9.75. The maximum Gasteiger partial charge on any atom is 0.374 e. The summed E-state index contributed by atoms with van der Waals surface area (Å²) in [6.07, 6.45) is 0. The van der Waals surface area contributed by atoms with E-state index in [0.717, 1.165) is 0 Å². The summed E-state index contributed by atoms with van der Waals surface area (Å²) in [5.41, 5.74) is -2.73. The Bertz CT molecular complexity index is 1040. The van der Waals surface area contributed by atoms with Gasteiger partial charge in [-0.2, -0.15) is 0 Å². The average Bonchev–Trinajstić information content (AvgIpc) is 2.42. The van der Waals surface area contributed by atoms with Crippen LogP contribution in [-0.4, -0.2) is 19.9 Å². The Balaban J connectivity index is 2.71. The number of aromatic amines is 2. The maximum absolute atomic E-state index is 12.2. The van der Waals surface area contributed by atoms with E-state index in [-0.39, 0.29) is 15.7 Å². The first-order valence-electron chi connectivity index (χ1n) is 5.45. The molecule has 0 aliphatic rings. The van der Waals surface area contributed by atoms with Crippen molar-refractivity contribution < 1.29 is 5.03 Å². The molecule has 0 saturated carbocycles. The number of fused-ring (bicyclic) bond motifs is 2. The molecular formula is C11H6N4O5. The molecule has 0 fully saturated rings. The predicted octanol–water partition coefficient (Wildman–Crippen LogP) is -0.429. The molecule has 0 atom stereocenters. The Morgan fingerprint density at radius 2 is 1.85 bits per heavy atom. The van der Waals surface area contributed by atoms with E-state index in [1.807, 2.05) is 0 Å². The van der Waals surface area contributed by atoms with E-state index >= 15 is 0 Å². The average molecular weight is 274 g/mol. The molecule has 1 aromatic carbocycles. The molecule has 2 aromatic heterocycles. The lowest BCUT2D eigenvalue weighted by Crippen LogP contribution is -2.37. The Morgan fingerprint density at radius 3 is 2.55 bits per heavy atom. The van der Waals surface area contributed by atoms with Crippen LogP contribution in [0.1, 0.15) is 0 Å². The van der Waals surface area contributed by atoms with E-state index in [1.54, 1.807) is 23.3 Å². The third-order valence-corrected chi connectivity index (χ3v) is 2.91. The maximum atomic E-state index is 12.2. The van der Waals surface area contributed by atoms with Crippen LogP contribution in [0.2, 0.25) is 0 Å². The van der Waals surface area contributed by atoms with Crippen LogP contribution in [0.4, 0.5) is 0 Å². The second-order valence-electron chi connectivity index (χ2n) is 4.05. The fourth-order valence-electron chi connectivity index (χ4n) is 2.03. The van der Waals surface area contributed by atoms with E-state index < -0.39 is 27.0 Å². The number of H-pyrrole nitrogens is 2. The van der Waals surface area contributed by atoms with E-state index in [1.165, 1.54) is 6.07 Å². The smallest absolute Gasteiger partial charge is 0.348 e. The van der Waals surface area contributed by atoms with Crippen molar-refractivity contribution >= 4 is 21.8 Å². The van der Waals surface area contributed by atoms with Crippen LogP contribution in [0.25, 0.3) is 21.8 Å². The van der Waals surface area contributed by atoms with Crippen LogP contribution in [0.5, 0.6) is 0 Å². The van der Waals surface area contributed by atoms with Gasteiger partial charge in [-0.1, -0.05) is 12.1 Å². The van der Waals surface area contributed by atoms with Gasteiger partial charge in [0.15, 0.2) is 0 Å². The molecule has 20 heavy (non-hydrogen) atoms. The first-order chi connectivity index (χ1) is 9.50. The van der Waals surface area contributed by atoms with Crippen molar-refractivity contribution in [2.45, 2.75) is 0 Å². The topological polar surface area (TPSA) is 131 Å². The molecular weight excluding hydrogens is 268 g/mol. The number of para-hydroxylation sites is 1. The van der Waals surface area contributed by atoms with E-state index in [2.05, 4.69) is 4.98 Å². The molecule has 2 heterocycles. The lowest BCUT2D eigenvalue weighted by molar-refractivity contribution is -0.556. The van der Waals surface area contributed by atoms with Crippen LogP contribution in [0.3, 0.4) is 0 Å². The molecule has 0 aliphatic heterocycles. The zero-order chi connectivity index (χ0) is 14.4. The molecule has 0 radical (unpaired) electrons. The van der Waals surface area contributed by atoms with Crippen LogP contribution in [-0.2, 0) is 0 Å². The van der Waals surface area contributed by atoms with Gasteiger partial charge in [0.2, 0.25) is 5.43 Å². The number of rotatable bonds is 1. The highest BCUT2D eigenvalue weighted by Crippen LogP contribution is 2.08. The minimum atomic E-state index is -1.18. The number of hydrogen-bond donors (Lipinski definition) is 2. The molecule has 9 heteroatoms. The first kappa shape index (κ1) is 11.8. The van der Waals surface area contributed by atoms with Crippen molar-refractivity contribution in [3.05, 3.63) is 65.3 Å². The normalized spacial score (nSPS) is 11.0. The highest BCUT2D eigenvalue weighted by atomic mass is 16.7. The van der Waals surface area contributed by atoms with Gasteiger partial charge in [-0.3, -0.25) is 9.59 Å². The van der Waals surface area contributed by atoms with E-state index in [9.17, 15) is 24.5 Å². The van der Waals surface area contributed by atoms with Gasteiger partial charge >= 0.3 is 11.1 Å². The highest BCUT2D eigenvalue weighted by Gasteiger charge is 2.18. The van der Waals surface area contributed by atoms with Crippen molar-refractivity contribution in [3.8, 4) is 0 Å². The Morgan fingerprint density at radius 1 is 1.15 bits per heavy atom. The number of hydrogen-bond acceptors (Lipinski definition) is 5. The summed E-state index contributed by atoms with van der Waals surface area (Å²) >= 11 is 0. The number of benzene rings is 1. The Labute approximate surface area is 108 Å². The molecule has 9 nitrogen and oxygen atoms in total. The number of aromatic nitrogens is 3. The first-order valence-corrected chi connectivity index (χ1v) is 5.45. The molecule has 3 rings (SSSR count). The standard InChI is InChI=1S/C11H6N4O5/c16-9-5-3-1-2-4-6(5)12-8-7(9)11(18)14(15(19)20)13-10(8)17/h1-4H,(H,12,16)(H,13,17). The van der Waals surface area contributed by atoms with Gasteiger partial charge in [0.25, 0.3) is 0 Å². The van der Waals surface area contributed by atoms with Crippen LogP contribution < -0.4 is 16.5 Å². The summed E-state index contributed by atoms with van der Waals surface area (Å²) in [7, 11) is 0. The number of nitro groups is 1. The quantitative estimate of drug-likeness (QED) is 0.353. The van der Waals surface area contributed by atoms with Gasteiger partial charge in [-0.15, -0.1) is 5.10 Å². The van der Waals surface area contributed by atoms with Crippen molar-refractivity contribution in [3.63, 3.8) is 0 Å². The fourth-order valence-corrected chi connectivity index (χ4v) is 2.03.